The molecule has 0 saturated heterocycles. The first-order chi connectivity index (χ1) is 7.00. The molecule has 0 saturated carbocycles. The summed E-state index contributed by atoms with van der Waals surface area (Å²) < 4.78 is 0. The molecule has 1 aromatic heterocycles. The van der Waals surface area contributed by atoms with Crippen LogP contribution in [0.3, 0.4) is 0 Å². The van der Waals surface area contributed by atoms with Crippen molar-refractivity contribution in [3.63, 3.8) is 0 Å². The van der Waals surface area contributed by atoms with Crippen LogP contribution < -0.4 is 10.9 Å². The van der Waals surface area contributed by atoms with Gasteiger partial charge in [0.2, 0.25) is 0 Å². The molecule has 0 bridgehead atoms. The number of aromatic nitrogens is 1. The van der Waals surface area contributed by atoms with Crippen LogP contribution in [0, 0.1) is 6.92 Å². The number of aryl methyl sites for hydroxylation is 1. The third-order valence-electron chi connectivity index (χ3n) is 2.34. The maximum Gasteiger partial charge on any atom is 0.163 e. The molecule has 0 aromatic carbocycles. The van der Waals surface area contributed by atoms with Crippen molar-refractivity contribution in [3.8, 4) is 0 Å². The molecule has 0 spiro atoms. The minimum Gasteiger partial charge on any atom is -0.380 e. The molecule has 0 unspecified atom stereocenters. The fraction of sp³-hybridized carbons (Fsp3) is 0.364. The average molecular weight is 203 g/mol. The van der Waals surface area contributed by atoms with Gasteiger partial charge < -0.3 is 10.2 Å². The molecule has 80 valence electrons. The summed E-state index contributed by atoms with van der Waals surface area (Å²) >= 11 is 0. The van der Waals surface area contributed by atoms with Crippen LogP contribution in [0.4, 0.5) is 5.69 Å². The summed E-state index contributed by atoms with van der Waals surface area (Å²) in [7, 11) is 5.98. The lowest BCUT2D eigenvalue weighted by Gasteiger charge is -2.17. The zero-order valence-corrected chi connectivity index (χ0v) is 9.96. The van der Waals surface area contributed by atoms with Crippen molar-refractivity contribution in [2.75, 3.05) is 26.0 Å². The van der Waals surface area contributed by atoms with E-state index in [1.165, 1.54) is 0 Å². The van der Waals surface area contributed by atoms with Gasteiger partial charge in [0, 0.05) is 19.8 Å². The van der Waals surface area contributed by atoms with E-state index in [-0.39, 0.29) is 0 Å². The molecule has 1 N–H and O–H groups in total. The Hall–Kier alpha value is -1.45. The van der Waals surface area contributed by atoms with E-state index in [9.17, 15) is 0 Å². The van der Waals surface area contributed by atoms with Crippen LogP contribution in [-0.4, -0.2) is 38.4 Å². The number of nitrogens with zero attached hydrogens (tertiary/aromatic N) is 2. The van der Waals surface area contributed by atoms with Gasteiger partial charge in [0.15, 0.2) is 7.85 Å². The lowest BCUT2D eigenvalue weighted by atomic mass is 10.0. The lowest BCUT2D eigenvalue weighted by Crippen LogP contribution is -2.19. The van der Waals surface area contributed by atoms with Crippen LogP contribution >= 0.6 is 0 Å². The van der Waals surface area contributed by atoms with E-state index in [4.69, 9.17) is 0 Å². The van der Waals surface area contributed by atoms with E-state index in [2.05, 4.69) is 22.9 Å². The molecule has 15 heavy (non-hydrogen) atoms. The number of nitrogens with one attached hydrogen (secondary N) is 1. The summed E-state index contributed by atoms with van der Waals surface area (Å²) in [6.45, 7) is 6.72. The summed E-state index contributed by atoms with van der Waals surface area (Å²) in [5.74, 6) is 0. The van der Waals surface area contributed by atoms with Crippen molar-refractivity contribution in [1.82, 2.24) is 9.88 Å². The van der Waals surface area contributed by atoms with Gasteiger partial charge in [-0.2, -0.15) is 0 Å². The molecular weight excluding hydrogens is 185 g/mol. The Bertz CT molecular complexity index is 361. The first-order valence-electron chi connectivity index (χ1n) is 5.04. The molecule has 1 heterocycles. The molecule has 0 aliphatic carbocycles. The van der Waals surface area contributed by atoms with E-state index in [1.54, 1.807) is 0 Å². The quantitative estimate of drug-likeness (QED) is 0.705. The van der Waals surface area contributed by atoms with Crippen LogP contribution in [0.1, 0.15) is 5.69 Å². The molecule has 4 heteroatoms. The molecule has 0 atom stereocenters. The third kappa shape index (κ3) is 3.31. The summed E-state index contributed by atoms with van der Waals surface area (Å²) in [6.07, 6.45) is 0. The number of rotatable bonds is 4. The second-order valence-electron chi connectivity index (χ2n) is 3.90. The molecule has 0 radical (unpaired) electrons. The van der Waals surface area contributed by atoms with E-state index >= 15 is 0 Å². The Morgan fingerprint density at radius 3 is 2.73 bits per heavy atom. The molecule has 0 aliphatic heterocycles. The maximum atomic E-state index is 4.39. The zero-order chi connectivity index (χ0) is 11.4. The van der Waals surface area contributed by atoms with Crippen molar-refractivity contribution >= 4 is 19.1 Å². The van der Waals surface area contributed by atoms with Gasteiger partial charge in [0.1, 0.15) is 0 Å². The minimum atomic E-state index is 0.749. The first-order valence-corrected chi connectivity index (χ1v) is 5.04. The lowest BCUT2D eigenvalue weighted by molar-refractivity contribution is 0.509. The highest BCUT2D eigenvalue weighted by Crippen LogP contribution is 2.09. The van der Waals surface area contributed by atoms with Gasteiger partial charge in [-0.1, -0.05) is 6.58 Å². The Kier molecular flexibility index (Phi) is 3.77. The highest BCUT2D eigenvalue weighted by Gasteiger charge is 2.00. The second-order valence-corrected chi connectivity index (χ2v) is 3.90. The van der Waals surface area contributed by atoms with Crippen LogP contribution in [0.5, 0.6) is 0 Å². The van der Waals surface area contributed by atoms with Gasteiger partial charge in [-0.05, 0) is 24.6 Å². The largest absolute Gasteiger partial charge is 0.380 e. The van der Waals surface area contributed by atoms with Crippen LogP contribution in [0.25, 0.3) is 0 Å². The van der Waals surface area contributed by atoms with Crippen molar-refractivity contribution in [2.24, 2.45) is 0 Å². The van der Waals surface area contributed by atoms with Crippen LogP contribution in [0.2, 0.25) is 0 Å². The molecule has 3 nitrogen and oxygen atoms in total. The minimum absolute atomic E-state index is 0.749. The van der Waals surface area contributed by atoms with E-state index < -0.39 is 0 Å². The third-order valence-corrected chi connectivity index (χ3v) is 2.34. The molecule has 1 aromatic rings. The Morgan fingerprint density at radius 1 is 1.53 bits per heavy atom. The number of hydrogen-bond donors (Lipinski definition) is 1. The Balaban J connectivity index is 2.62. The number of anilines is 1. The smallest absolute Gasteiger partial charge is 0.163 e. The van der Waals surface area contributed by atoms with Gasteiger partial charge in [-0.3, -0.25) is 4.98 Å². The fourth-order valence-corrected chi connectivity index (χ4v) is 1.23. The Morgan fingerprint density at radius 2 is 2.20 bits per heavy atom. The maximum absolute atomic E-state index is 4.39. The van der Waals surface area contributed by atoms with Crippen molar-refractivity contribution in [1.29, 1.82) is 0 Å². The van der Waals surface area contributed by atoms with Crippen LogP contribution in [-0.2, 0) is 0 Å². The fourth-order valence-electron chi connectivity index (χ4n) is 1.23. The number of likely N-dealkylation sites (N-methyl/N-ethyl adjacent to an activating group) is 1. The SMILES string of the molecule is Bc1ccc(NCC(=C)N(C)C)c(C)n1. The normalized spacial score (nSPS) is 9.80. The van der Waals surface area contributed by atoms with Gasteiger partial charge in [0.05, 0.1) is 17.9 Å². The first kappa shape index (κ1) is 11.6. The van der Waals surface area contributed by atoms with Crippen molar-refractivity contribution in [3.05, 3.63) is 30.1 Å². The standard InChI is InChI=1S/C11H18BN3/c1-8(15(3)4)7-13-10-5-6-11(12)14-9(10)2/h5-6,13H,1,7,12H2,2-4H3. The molecule has 0 fully saturated rings. The Labute approximate surface area is 92.6 Å². The second kappa shape index (κ2) is 4.87. The van der Waals surface area contributed by atoms with Crippen molar-refractivity contribution < 1.29 is 0 Å². The predicted octanol–water partition coefficient (Wildman–Crippen LogP) is 0.136. The summed E-state index contributed by atoms with van der Waals surface area (Å²) in [4.78, 5) is 6.39. The average Bonchev–Trinajstić information content (AvgIpc) is 2.15. The topological polar surface area (TPSA) is 28.2 Å². The van der Waals surface area contributed by atoms with Gasteiger partial charge in [-0.25, -0.2) is 0 Å². The molecule has 1 rings (SSSR count). The zero-order valence-electron chi connectivity index (χ0n) is 9.96. The van der Waals surface area contributed by atoms with Gasteiger partial charge >= 0.3 is 0 Å². The van der Waals surface area contributed by atoms with Crippen LogP contribution in [0.15, 0.2) is 24.4 Å². The van der Waals surface area contributed by atoms with Gasteiger partial charge in [0.25, 0.3) is 0 Å². The number of pyridine rings is 1. The van der Waals surface area contributed by atoms with E-state index in [0.29, 0.717) is 0 Å². The molecular formula is C11H18BN3. The summed E-state index contributed by atoms with van der Waals surface area (Å²) in [6, 6.07) is 4.06. The predicted molar refractivity (Wildman–Crippen MR) is 68.5 cm³/mol. The van der Waals surface area contributed by atoms with Crippen molar-refractivity contribution in [2.45, 2.75) is 6.92 Å². The number of hydrogen-bond acceptors (Lipinski definition) is 3. The highest BCUT2D eigenvalue weighted by atomic mass is 15.1. The molecule has 0 amide bonds. The monoisotopic (exact) mass is 203 g/mol. The summed E-state index contributed by atoms with van der Waals surface area (Å²) in [5, 5.41) is 3.32. The highest BCUT2D eigenvalue weighted by molar-refractivity contribution is 6.30. The van der Waals surface area contributed by atoms with Gasteiger partial charge in [-0.15, -0.1) is 0 Å². The molecule has 0 aliphatic rings. The van der Waals surface area contributed by atoms with E-state index in [1.807, 2.05) is 39.8 Å². The van der Waals surface area contributed by atoms with E-state index in [0.717, 1.165) is 29.2 Å². The summed E-state index contributed by atoms with van der Waals surface area (Å²) in [5.41, 5.74) is 4.20.